The van der Waals surface area contributed by atoms with Crippen molar-refractivity contribution in [2.45, 2.75) is 17.5 Å². The minimum absolute atomic E-state index is 0.00168. The van der Waals surface area contributed by atoms with Gasteiger partial charge in [0.05, 0.1) is 4.90 Å². The Hall–Kier alpha value is -4.77. The summed E-state index contributed by atoms with van der Waals surface area (Å²) in [6.07, 6.45) is 0. The number of ether oxygens (including phenoxy) is 1. The fourth-order valence-corrected chi connectivity index (χ4v) is 5.09. The third-order valence-electron chi connectivity index (χ3n) is 6.10. The molecule has 0 aliphatic rings. The normalized spacial score (nSPS) is 11.8. The van der Waals surface area contributed by atoms with Crippen LogP contribution in [-0.2, 0) is 26.2 Å². The van der Waals surface area contributed by atoms with Crippen molar-refractivity contribution in [1.29, 1.82) is 0 Å². The maximum atomic E-state index is 13.5. The number of rotatable bonds is 11. The monoisotopic (exact) mass is 579 g/mol. The number of nitrogens with zero attached hydrogens (tertiary/aromatic N) is 1. The first kappa shape index (κ1) is 29.2. The third kappa shape index (κ3) is 7.67. The van der Waals surface area contributed by atoms with Crippen molar-refractivity contribution >= 4 is 27.5 Å². The van der Waals surface area contributed by atoms with Gasteiger partial charge in [0.15, 0.2) is 6.61 Å². The number of hydrogen-bond donors (Lipinski definition) is 2. The van der Waals surface area contributed by atoms with Crippen LogP contribution in [0.2, 0.25) is 0 Å². The lowest BCUT2D eigenvalue weighted by Gasteiger charge is -2.31. The fraction of sp³-hybridized carbons (Fsp3) is 0.133. The first-order chi connectivity index (χ1) is 19.7. The zero-order valence-corrected chi connectivity index (χ0v) is 22.8. The van der Waals surface area contributed by atoms with Gasteiger partial charge in [-0.25, -0.2) is 17.2 Å². The largest absolute Gasteiger partial charge is 0.484 e. The molecule has 0 heterocycles. The average molecular weight is 580 g/mol. The molecule has 0 unspecified atom stereocenters. The first-order valence-corrected chi connectivity index (χ1v) is 14.0. The first-order valence-electron chi connectivity index (χ1n) is 12.5. The smallest absolute Gasteiger partial charge is 0.261 e. The van der Waals surface area contributed by atoms with E-state index >= 15 is 0 Å². The molecule has 0 aliphatic heterocycles. The van der Waals surface area contributed by atoms with Gasteiger partial charge >= 0.3 is 0 Å². The predicted octanol–water partition coefficient (Wildman–Crippen LogP) is 4.66. The van der Waals surface area contributed by atoms with Crippen molar-refractivity contribution in [3.63, 3.8) is 0 Å². The lowest BCUT2D eigenvalue weighted by atomic mass is 10.0. The molecule has 0 aromatic heterocycles. The number of benzene rings is 4. The molecule has 8 nitrogen and oxygen atoms in total. The molecule has 1 atom stereocenters. The fourth-order valence-electron chi connectivity index (χ4n) is 4.03. The number of halogens is 2. The SMILES string of the molecule is CNC(=O)[C@H](c1ccccc1)N(Cc1ccc(F)cc1)C(=O)COc1ccc(S(=O)(=O)Nc2ccc(F)cc2)cc1. The summed E-state index contributed by atoms with van der Waals surface area (Å²) in [6, 6.07) is 23.6. The van der Waals surface area contributed by atoms with Gasteiger partial charge in [0.25, 0.3) is 15.9 Å². The van der Waals surface area contributed by atoms with E-state index in [-0.39, 0.29) is 22.9 Å². The molecule has 0 saturated carbocycles. The Kier molecular flexibility index (Phi) is 9.30. The molecular formula is C30H27F2N3O5S. The zero-order chi connectivity index (χ0) is 29.4. The number of sulfonamides is 1. The average Bonchev–Trinajstić information content (AvgIpc) is 2.98. The van der Waals surface area contributed by atoms with Crippen molar-refractivity contribution in [2.24, 2.45) is 0 Å². The lowest BCUT2D eigenvalue weighted by Crippen LogP contribution is -2.44. The van der Waals surface area contributed by atoms with Crippen LogP contribution in [0.1, 0.15) is 17.2 Å². The summed E-state index contributed by atoms with van der Waals surface area (Å²) in [7, 11) is -2.49. The molecule has 4 aromatic rings. The van der Waals surface area contributed by atoms with Gasteiger partial charge in [0.1, 0.15) is 23.4 Å². The highest BCUT2D eigenvalue weighted by Gasteiger charge is 2.31. The molecular weight excluding hydrogens is 552 g/mol. The molecule has 0 saturated heterocycles. The topological polar surface area (TPSA) is 105 Å². The van der Waals surface area contributed by atoms with Crippen LogP contribution in [0.15, 0.2) is 108 Å². The van der Waals surface area contributed by atoms with Crippen LogP contribution < -0.4 is 14.8 Å². The quantitative estimate of drug-likeness (QED) is 0.269. The van der Waals surface area contributed by atoms with Crippen molar-refractivity contribution < 1.29 is 31.5 Å². The number of carbonyl (C=O) groups excluding carboxylic acids is 2. The number of carbonyl (C=O) groups is 2. The van der Waals surface area contributed by atoms with Crippen LogP contribution >= 0.6 is 0 Å². The Balaban J connectivity index is 1.51. The third-order valence-corrected chi connectivity index (χ3v) is 7.50. The Morgan fingerprint density at radius 2 is 1.41 bits per heavy atom. The number of hydrogen-bond acceptors (Lipinski definition) is 5. The second-order valence-corrected chi connectivity index (χ2v) is 10.6. The summed E-state index contributed by atoms with van der Waals surface area (Å²) in [6.45, 7) is -0.455. The van der Waals surface area contributed by atoms with Crippen LogP contribution in [-0.4, -0.2) is 38.8 Å². The van der Waals surface area contributed by atoms with Crippen molar-refractivity contribution in [3.8, 4) is 5.75 Å². The minimum Gasteiger partial charge on any atom is -0.484 e. The molecule has 0 radical (unpaired) electrons. The highest BCUT2D eigenvalue weighted by Crippen LogP contribution is 2.25. The second-order valence-electron chi connectivity index (χ2n) is 8.95. The van der Waals surface area contributed by atoms with Gasteiger partial charge in [-0.15, -0.1) is 0 Å². The number of likely N-dealkylation sites (N-methyl/N-ethyl adjacent to an activating group) is 1. The van der Waals surface area contributed by atoms with E-state index < -0.39 is 46.1 Å². The van der Waals surface area contributed by atoms with Crippen LogP contribution in [0, 0.1) is 11.6 Å². The molecule has 0 spiro atoms. The second kappa shape index (κ2) is 13.1. The summed E-state index contributed by atoms with van der Waals surface area (Å²) in [5.74, 6) is -1.65. The molecule has 41 heavy (non-hydrogen) atoms. The summed E-state index contributed by atoms with van der Waals surface area (Å²) in [5.41, 5.74) is 1.38. The van der Waals surface area contributed by atoms with Crippen LogP contribution in [0.5, 0.6) is 5.75 Å². The summed E-state index contributed by atoms with van der Waals surface area (Å²) in [5, 5.41) is 2.59. The van der Waals surface area contributed by atoms with E-state index in [1.807, 2.05) is 0 Å². The van der Waals surface area contributed by atoms with E-state index in [4.69, 9.17) is 4.74 Å². The molecule has 212 valence electrons. The Bertz CT molecular complexity index is 1580. The standard InChI is InChI=1S/C30H27F2N3O5S/c1-33-30(37)29(22-5-3-2-4-6-22)35(19-21-7-9-23(31)10-8-21)28(36)20-40-26-15-17-27(18-16-26)41(38,39)34-25-13-11-24(32)12-14-25/h2-18,29,34H,19-20H2,1H3,(H,33,37)/t29-/m0/s1. The van der Waals surface area contributed by atoms with E-state index in [0.717, 1.165) is 12.1 Å². The van der Waals surface area contributed by atoms with E-state index in [9.17, 15) is 26.8 Å². The Labute approximate surface area is 236 Å². The van der Waals surface area contributed by atoms with Gasteiger partial charge in [-0.3, -0.25) is 14.3 Å². The van der Waals surface area contributed by atoms with Crippen LogP contribution in [0.4, 0.5) is 14.5 Å². The van der Waals surface area contributed by atoms with E-state index in [1.54, 1.807) is 30.3 Å². The van der Waals surface area contributed by atoms with Crippen molar-refractivity contribution in [3.05, 3.63) is 126 Å². The number of amides is 2. The summed E-state index contributed by atoms with van der Waals surface area (Å²) < 4.78 is 60.0. The van der Waals surface area contributed by atoms with Crippen LogP contribution in [0.25, 0.3) is 0 Å². The Morgan fingerprint density at radius 3 is 2.00 bits per heavy atom. The predicted molar refractivity (Wildman–Crippen MR) is 149 cm³/mol. The van der Waals surface area contributed by atoms with Gasteiger partial charge in [-0.1, -0.05) is 42.5 Å². The highest BCUT2D eigenvalue weighted by molar-refractivity contribution is 7.92. The van der Waals surface area contributed by atoms with Crippen molar-refractivity contribution in [2.75, 3.05) is 18.4 Å². The van der Waals surface area contributed by atoms with E-state index in [2.05, 4.69) is 10.0 Å². The van der Waals surface area contributed by atoms with E-state index in [0.29, 0.717) is 11.1 Å². The van der Waals surface area contributed by atoms with E-state index in [1.165, 1.54) is 72.6 Å². The molecule has 4 aromatic carbocycles. The minimum atomic E-state index is -3.95. The maximum absolute atomic E-state index is 13.5. The lowest BCUT2D eigenvalue weighted by molar-refractivity contribution is -0.143. The summed E-state index contributed by atoms with van der Waals surface area (Å²) >= 11 is 0. The van der Waals surface area contributed by atoms with Crippen LogP contribution in [0.3, 0.4) is 0 Å². The molecule has 0 bridgehead atoms. The van der Waals surface area contributed by atoms with Gasteiger partial charge in [0, 0.05) is 19.3 Å². The highest BCUT2D eigenvalue weighted by atomic mass is 32.2. The zero-order valence-electron chi connectivity index (χ0n) is 22.0. The van der Waals surface area contributed by atoms with Gasteiger partial charge in [-0.2, -0.15) is 0 Å². The molecule has 0 aliphatic carbocycles. The van der Waals surface area contributed by atoms with Gasteiger partial charge in [0.2, 0.25) is 5.91 Å². The number of anilines is 1. The molecule has 0 fully saturated rings. The summed E-state index contributed by atoms with van der Waals surface area (Å²) in [4.78, 5) is 27.7. The maximum Gasteiger partial charge on any atom is 0.261 e. The van der Waals surface area contributed by atoms with Gasteiger partial charge < -0.3 is 15.0 Å². The molecule has 11 heteroatoms. The number of nitrogens with one attached hydrogen (secondary N) is 2. The molecule has 2 N–H and O–H groups in total. The molecule has 4 rings (SSSR count). The van der Waals surface area contributed by atoms with Crippen molar-refractivity contribution in [1.82, 2.24) is 10.2 Å². The Morgan fingerprint density at radius 1 is 0.829 bits per heavy atom. The molecule has 2 amide bonds. The van der Waals surface area contributed by atoms with Gasteiger partial charge in [-0.05, 0) is 71.8 Å².